The first kappa shape index (κ1) is 18.7. The minimum atomic E-state index is -0.293. The number of anilines is 1. The van der Waals surface area contributed by atoms with E-state index in [9.17, 15) is 9.18 Å². The zero-order chi connectivity index (χ0) is 18.5. The van der Waals surface area contributed by atoms with Gasteiger partial charge in [0.05, 0.1) is 10.6 Å². The summed E-state index contributed by atoms with van der Waals surface area (Å²) in [5.41, 5.74) is 0.485. The van der Waals surface area contributed by atoms with Crippen LogP contribution in [-0.2, 0) is 4.79 Å². The molecule has 0 saturated heterocycles. The summed E-state index contributed by atoms with van der Waals surface area (Å²) in [6.45, 7) is 0. The minimum absolute atomic E-state index is 0.0205. The average Bonchev–Trinajstić information content (AvgIpc) is 3.07. The number of thioether (sulfide) groups is 1. The van der Waals surface area contributed by atoms with E-state index in [-0.39, 0.29) is 30.1 Å². The number of hydrogen-bond donors (Lipinski definition) is 1. The van der Waals surface area contributed by atoms with Crippen LogP contribution in [0.3, 0.4) is 0 Å². The van der Waals surface area contributed by atoms with Crippen LogP contribution in [0.5, 0.6) is 0 Å². The Balaban J connectivity index is 1.54. The maximum atomic E-state index is 12.8. The normalized spacial score (nSPS) is 10.7. The second-order valence-corrected chi connectivity index (χ2v) is 7.15. The van der Waals surface area contributed by atoms with Gasteiger partial charge in [0.1, 0.15) is 5.82 Å². The number of carbonyl (C=O) groups excluding carboxylic acids is 1. The van der Waals surface area contributed by atoms with E-state index in [2.05, 4.69) is 15.5 Å². The zero-order valence-corrected chi connectivity index (χ0v) is 15.5. The molecule has 0 spiro atoms. The van der Waals surface area contributed by atoms with E-state index in [1.165, 1.54) is 23.9 Å². The van der Waals surface area contributed by atoms with Gasteiger partial charge in [0.2, 0.25) is 5.91 Å². The van der Waals surface area contributed by atoms with Gasteiger partial charge in [-0.3, -0.25) is 10.1 Å². The van der Waals surface area contributed by atoms with Gasteiger partial charge in [-0.05, 0) is 42.5 Å². The summed E-state index contributed by atoms with van der Waals surface area (Å²) in [6.07, 6.45) is 0.234. The van der Waals surface area contributed by atoms with Crippen LogP contribution in [0.2, 0.25) is 10.0 Å². The summed E-state index contributed by atoms with van der Waals surface area (Å²) in [6, 6.07) is 10.9. The molecule has 0 saturated carbocycles. The zero-order valence-electron chi connectivity index (χ0n) is 13.2. The van der Waals surface area contributed by atoms with Gasteiger partial charge < -0.3 is 4.42 Å². The number of nitrogens with one attached hydrogen (secondary N) is 1. The molecule has 0 aliphatic carbocycles. The Hall–Kier alpha value is -2.09. The second-order valence-electron chi connectivity index (χ2n) is 5.14. The third-order valence-corrected chi connectivity index (χ3v) is 4.82. The van der Waals surface area contributed by atoms with Crippen LogP contribution >= 0.6 is 35.0 Å². The molecule has 0 bridgehead atoms. The number of halogens is 3. The summed E-state index contributed by atoms with van der Waals surface area (Å²) in [7, 11) is 0. The first-order valence-corrected chi connectivity index (χ1v) is 9.22. The van der Waals surface area contributed by atoms with Gasteiger partial charge >= 0.3 is 6.01 Å². The molecule has 0 fully saturated rings. The van der Waals surface area contributed by atoms with E-state index in [1.54, 1.807) is 30.3 Å². The molecule has 3 aromatic rings. The van der Waals surface area contributed by atoms with Gasteiger partial charge in [0.25, 0.3) is 5.89 Å². The Labute approximate surface area is 162 Å². The van der Waals surface area contributed by atoms with Crippen LogP contribution in [-0.4, -0.2) is 21.9 Å². The number of aromatic nitrogens is 2. The van der Waals surface area contributed by atoms with Crippen LogP contribution in [0.25, 0.3) is 11.5 Å². The number of benzene rings is 2. The van der Waals surface area contributed by atoms with Crippen molar-refractivity contribution in [3.8, 4) is 11.5 Å². The summed E-state index contributed by atoms with van der Waals surface area (Å²) < 4.78 is 18.2. The number of hydrogen-bond acceptors (Lipinski definition) is 5. The molecule has 0 radical (unpaired) electrons. The van der Waals surface area contributed by atoms with Gasteiger partial charge in [-0.15, -0.1) is 16.9 Å². The highest BCUT2D eigenvalue weighted by Gasteiger charge is 2.14. The second kappa shape index (κ2) is 8.53. The van der Waals surface area contributed by atoms with Crippen molar-refractivity contribution < 1.29 is 13.6 Å². The van der Waals surface area contributed by atoms with E-state index in [0.29, 0.717) is 21.4 Å². The van der Waals surface area contributed by atoms with Crippen molar-refractivity contribution in [1.82, 2.24) is 10.2 Å². The molecule has 1 heterocycles. The highest BCUT2D eigenvalue weighted by molar-refractivity contribution is 7.99. The van der Waals surface area contributed by atoms with Gasteiger partial charge in [-0.25, -0.2) is 4.39 Å². The first-order chi connectivity index (χ1) is 12.5. The summed E-state index contributed by atoms with van der Waals surface area (Å²) >= 11 is 13.5. The molecule has 134 valence electrons. The van der Waals surface area contributed by atoms with E-state index in [4.69, 9.17) is 27.6 Å². The minimum Gasteiger partial charge on any atom is -0.403 e. The largest absolute Gasteiger partial charge is 0.403 e. The fourth-order valence-electron chi connectivity index (χ4n) is 2.02. The number of rotatable bonds is 6. The number of amides is 1. The van der Waals surface area contributed by atoms with E-state index >= 15 is 0 Å². The van der Waals surface area contributed by atoms with Gasteiger partial charge in [0.15, 0.2) is 0 Å². The standard InChI is InChI=1S/C17H12Cl2FN3O2S/c18-10-1-6-14(19)13(9-10)16-22-23-17(25-16)21-15(24)7-8-26-12-4-2-11(20)3-5-12/h1-6,9H,7-8H2,(H,21,23,24). The maximum Gasteiger partial charge on any atom is 0.322 e. The molecular formula is C17H12Cl2FN3O2S. The molecular weight excluding hydrogens is 400 g/mol. The molecule has 0 aliphatic heterocycles. The molecule has 1 amide bonds. The molecule has 0 aliphatic rings. The molecule has 26 heavy (non-hydrogen) atoms. The lowest BCUT2D eigenvalue weighted by molar-refractivity contribution is -0.115. The molecule has 9 heteroatoms. The average molecular weight is 412 g/mol. The first-order valence-electron chi connectivity index (χ1n) is 7.48. The Morgan fingerprint density at radius 3 is 2.69 bits per heavy atom. The molecule has 2 aromatic carbocycles. The monoisotopic (exact) mass is 411 g/mol. The molecule has 0 atom stereocenters. The number of nitrogens with zero attached hydrogens (tertiary/aromatic N) is 2. The molecule has 3 rings (SSSR count). The van der Waals surface area contributed by atoms with E-state index in [0.717, 1.165) is 4.90 Å². The van der Waals surface area contributed by atoms with Gasteiger partial charge in [0, 0.05) is 22.1 Å². The van der Waals surface area contributed by atoms with Crippen molar-refractivity contribution in [3.63, 3.8) is 0 Å². The highest BCUT2D eigenvalue weighted by atomic mass is 35.5. The molecule has 1 aromatic heterocycles. The molecule has 1 N–H and O–H groups in total. The Bertz CT molecular complexity index is 919. The third-order valence-electron chi connectivity index (χ3n) is 3.24. The fraction of sp³-hybridized carbons (Fsp3) is 0.118. The third kappa shape index (κ3) is 4.97. The Morgan fingerprint density at radius 2 is 1.92 bits per heavy atom. The van der Waals surface area contributed by atoms with Crippen molar-refractivity contribution in [2.45, 2.75) is 11.3 Å². The fourth-order valence-corrected chi connectivity index (χ4v) is 3.24. The summed E-state index contributed by atoms with van der Waals surface area (Å²) in [5, 5.41) is 11.1. The Morgan fingerprint density at radius 1 is 1.15 bits per heavy atom. The maximum absolute atomic E-state index is 12.8. The SMILES string of the molecule is O=C(CCSc1ccc(F)cc1)Nc1nnc(-c2cc(Cl)ccc2Cl)o1. The van der Waals surface area contributed by atoms with E-state index in [1.807, 2.05) is 0 Å². The smallest absolute Gasteiger partial charge is 0.322 e. The van der Waals surface area contributed by atoms with Crippen molar-refractivity contribution in [2.24, 2.45) is 0 Å². The van der Waals surface area contributed by atoms with Crippen molar-refractivity contribution in [3.05, 3.63) is 58.3 Å². The summed E-state index contributed by atoms with van der Waals surface area (Å²) in [5.74, 6) is 0.123. The topological polar surface area (TPSA) is 68.0 Å². The van der Waals surface area contributed by atoms with E-state index < -0.39 is 0 Å². The molecule has 0 unspecified atom stereocenters. The van der Waals surface area contributed by atoms with Gasteiger partial charge in [-0.1, -0.05) is 28.3 Å². The summed E-state index contributed by atoms with van der Waals surface area (Å²) in [4.78, 5) is 12.8. The van der Waals surface area contributed by atoms with Crippen LogP contribution < -0.4 is 5.32 Å². The van der Waals surface area contributed by atoms with Gasteiger partial charge in [-0.2, -0.15) is 0 Å². The lowest BCUT2D eigenvalue weighted by Crippen LogP contribution is -2.12. The lowest BCUT2D eigenvalue weighted by Gasteiger charge is -2.02. The van der Waals surface area contributed by atoms with Crippen LogP contribution in [0.4, 0.5) is 10.4 Å². The Kier molecular flexibility index (Phi) is 6.13. The van der Waals surface area contributed by atoms with Crippen LogP contribution in [0, 0.1) is 5.82 Å². The van der Waals surface area contributed by atoms with Crippen molar-refractivity contribution in [2.75, 3.05) is 11.1 Å². The number of carbonyl (C=O) groups is 1. The quantitative estimate of drug-likeness (QED) is 0.557. The predicted octanol–water partition coefficient (Wildman–Crippen LogP) is 5.30. The predicted molar refractivity (Wildman–Crippen MR) is 100 cm³/mol. The molecule has 5 nitrogen and oxygen atoms in total. The lowest BCUT2D eigenvalue weighted by atomic mass is 10.2. The van der Waals surface area contributed by atoms with Crippen LogP contribution in [0.15, 0.2) is 51.8 Å². The van der Waals surface area contributed by atoms with Crippen molar-refractivity contribution >= 4 is 46.9 Å². The van der Waals surface area contributed by atoms with Crippen LogP contribution in [0.1, 0.15) is 6.42 Å². The highest BCUT2D eigenvalue weighted by Crippen LogP contribution is 2.30. The van der Waals surface area contributed by atoms with Crippen molar-refractivity contribution in [1.29, 1.82) is 0 Å².